The van der Waals surface area contributed by atoms with Gasteiger partial charge in [0.25, 0.3) is 0 Å². The summed E-state index contributed by atoms with van der Waals surface area (Å²) < 4.78 is 13.8. The molecule has 6 nitrogen and oxygen atoms in total. The highest BCUT2D eigenvalue weighted by Gasteiger charge is 2.25. The Kier molecular flexibility index (Phi) is 4.65. The van der Waals surface area contributed by atoms with E-state index in [4.69, 9.17) is 0 Å². The smallest absolute Gasteiger partial charge is 0.315 e. The maximum atomic E-state index is 13.8. The molecule has 2 N–H and O–H groups in total. The van der Waals surface area contributed by atoms with E-state index in [1.807, 2.05) is 11.0 Å². The number of carbonyl (C=O) groups is 1. The highest BCUT2D eigenvalue weighted by atomic mass is 19.1. The minimum Gasteiger partial charge on any atom is -0.367 e. The summed E-state index contributed by atoms with van der Waals surface area (Å²) in [6.45, 7) is 1.66. The highest BCUT2D eigenvalue weighted by Crippen LogP contribution is 2.23. The lowest BCUT2D eigenvalue weighted by molar-refractivity contribution is 0.237. The minimum atomic E-state index is -0.246. The fraction of sp³-hybridized carbons (Fsp3) is 0.312. The van der Waals surface area contributed by atoms with Crippen LogP contribution in [0.15, 0.2) is 42.9 Å². The lowest BCUT2D eigenvalue weighted by Crippen LogP contribution is -2.43. The number of aromatic nitrogens is 2. The number of urea groups is 1. The van der Waals surface area contributed by atoms with Crippen molar-refractivity contribution in [1.29, 1.82) is 0 Å². The molecule has 1 aromatic carbocycles. The Balaban J connectivity index is 1.48. The zero-order valence-electron chi connectivity index (χ0n) is 12.6. The molecule has 1 fully saturated rings. The van der Waals surface area contributed by atoms with Gasteiger partial charge in [-0.3, -0.25) is 0 Å². The van der Waals surface area contributed by atoms with Crippen LogP contribution in [0.5, 0.6) is 0 Å². The fourth-order valence-corrected chi connectivity index (χ4v) is 2.63. The summed E-state index contributed by atoms with van der Waals surface area (Å²) in [5.74, 6) is -0.235. The number of para-hydroxylation sites is 1. The molecule has 1 saturated heterocycles. The number of hydrogen-bond acceptors (Lipinski definition) is 4. The second kappa shape index (κ2) is 7.04. The van der Waals surface area contributed by atoms with Crippen LogP contribution in [-0.2, 0) is 6.54 Å². The Morgan fingerprint density at radius 3 is 3.00 bits per heavy atom. The first-order chi connectivity index (χ1) is 11.2. The standard InChI is InChI=1S/C16H18FN5O/c17-14-3-1-2-4-15(14)22-8-6-13(10-22)21-16(23)19-9-12-5-7-18-11-20-12/h1-5,7,11,13H,6,8-10H2,(H2,19,21,23). The summed E-state index contributed by atoms with van der Waals surface area (Å²) in [5, 5.41) is 5.67. The fourth-order valence-electron chi connectivity index (χ4n) is 2.63. The molecular formula is C16H18FN5O. The van der Waals surface area contributed by atoms with Crippen LogP contribution in [0.3, 0.4) is 0 Å². The molecule has 1 atom stereocenters. The maximum absolute atomic E-state index is 13.8. The van der Waals surface area contributed by atoms with Gasteiger partial charge in [0.05, 0.1) is 17.9 Å². The minimum absolute atomic E-state index is 0.00000493. The number of rotatable bonds is 4. The molecule has 0 bridgehead atoms. The van der Waals surface area contributed by atoms with Gasteiger partial charge in [0, 0.05) is 25.3 Å². The zero-order valence-corrected chi connectivity index (χ0v) is 12.6. The molecule has 0 aliphatic carbocycles. The van der Waals surface area contributed by atoms with Gasteiger partial charge in [0.15, 0.2) is 0 Å². The van der Waals surface area contributed by atoms with Crippen molar-refractivity contribution >= 4 is 11.7 Å². The van der Waals surface area contributed by atoms with E-state index in [-0.39, 0.29) is 17.9 Å². The van der Waals surface area contributed by atoms with Crippen molar-refractivity contribution in [3.05, 3.63) is 54.4 Å². The Bertz CT molecular complexity index is 667. The molecule has 0 spiro atoms. The van der Waals surface area contributed by atoms with Crippen LogP contribution in [0.25, 0.3) is 0 Å². The van der Waals surface area contributed by atoms with Crippen LogP contribution in [0.2, 0.25) is 0 Å². The summed E-state index contributed by atoms with van der Waals surface area (Å²) in [5.41, 5.74) is 1.33. The highest BCUT2D eigenvalue weighted by molar-refractivity contribution is 5.74. The van der Waals surface area contributed by atoms with Gasteiger partial charge in [-0.2, -0.15) is 0 Å². The molecule has 7 heteroatoms. The van der Waals surface area contributed by atoms with Gasteiger partial charge >= 0.3 is 6.03 Å². The van der Waals surface area contributed by atoms with Crippen LogP contribution in [0, 0.1) is 5.82 Å². The lowest BCUT2D eigenvalue weighted by atomic mass is 10.2. The molecule has 120 valence electrons. The number of hydrogen-bond donors (Lipinski definition) is 2. The van der Waals surface area contributed by atoms with Crippen LogP contribution >= 0.6 is 0 Å². The Morgan fingerprint density at radius 2 is 2.22 bits per heavy atom. The number of amides is 2. The third kappa shape index (κ3) is 3.94. The molecule has 2 heterocycles. The van der Waals surface area contributed by atoms with Gasteiger partial charge in [-0.1, -0.05) is 12.1 Å². The predicted molar refractivity (Wildman–Crippen MR) is 84.4 cm³/mol. The van der Waals surface area contributed by atoms with Gasteiger partial charge in [0.1, 0.15) is 12.1 Å². The van der Waals surface area contributed by atoms with E-state index in [2.05, 4.69) is 20.6 Å². The summed E-state index contributed by atoms with van der Waals surface area (Å²) in [4.78, 5) is 21.7. The van der Waals surface area contributed by atoms with Gasteiger partial charge in [0.2, 0.25) is 0 Å². The molecule has 2 amide bonds. The van der Waals surface area contributed by atoms with Gasteiger partial charge in [-0.15, -0.1) is 0 Å². The number of carbonyl (C=O) groups excluding carboxylic acids is 1. The average Bonchev–Trinajstić information content (AvgIpc) is 3.02. The maximum Gasteiger partial charge on any atom is 0.315 e. The second-order valence-corrected chi connectivity index (χ2v) is 5.41. The van der Waals surface area contributed by atoms with E-state index in [1.54, 1.807) is 24.4 Å². The number of anilines is 1. The average molecular weight is 315 g/mol. The molecule has 3 rings (SSSR count). The van der Waals surface area contributed by atoms with Crippen molar-refractivity contribution in [1.82, 2.24) is 20.6 Å². The normalized spacial score (nSPS) is 17.1. The van der Waals surface area contributed by atoms with Gasteiger partial charge < -0.3 is 15.5 Å². The molecule has 1 aliphatic rings. The van der Waals surface area contributed by atoms with E-state index in [0.717, 1.165) is 18.7 Å². The van der Waals surface area contributed by atoms with Crippen LogP contribution in [0.1, 0.15) is 12.1 Å². The largest absolute Gasteiger partial charge is 0.367 e. The quantitative estimate of drug-likeness (QED) is 0.901. The van der Waals surface area contributed by atoms with E-state index in [9.17, 15) is 9.18 Å². The van der Waals surface area contributed by atoms with Crippen molar-refractivity contribution in [2.75, 3.05) is 18.0 Å². The van der Waals surface area contributed by atoms with E-state index < -0.39 is 0 Å². The first-order valence-electron chi connectivity index (χ1n) is 7.51. The third-order valence-corrected chi connectivity index (χ3v) is 3.79. The Hall–Kier alpha value is -2.70. The molecule has 1 aliphatic heterocycles. The predicted octanol–water partition coefficient (Wildman–Crippen LogP) is 1.69. The van der Waals surface area contributed by atoms with Crippen LogP contribution in [0.4, 0.5) is 14.9 Å². The summed E-state index contributed by atoms with van der Waals surface area (Å²) >= 11 is 0. The summed E-state index contributed by atoms with van der Waals surface area (Å²) in [7, 11) is 0. The number of nitrogens with zero attached hydrogens (tertiary/aromatic N) is 3. The van der Waals surface area contributed by atoms with E-state index in [0.29, 0.717) is 18.8 Å². The molecule has 1 unspecified atom stereocenters. The third-order valence-electron chi connectivity index (χ3n) is 3.79. The molecule has 0 radical (unpaired) electrons. The van der Waals surface area contributed by atoms with Gasteiger partial charge in [-0.05, 0) is 24.6 Å². The van der Waals surface area contributed by atoms with Crippen molar-refractivity contribution in [2.45, 2.75) is 19.0 Å². The van der Waals surface area contributed by atoms with E-state index >= 15 is 0 Å². The second-order valence-electron chi connectivity index (χ2n) is 5.41. The Labute approximate surface area is 133 Å². The first-order valence-corrected chi connectivity index (χ1v) is 7.51. The number of benzene rings is 1. The topological polar surface area (TPSA) is 70.1 Å². The Morgan fingerprint density at radius 1 is 1.35 bits per heavy atom. The van der Waals surface area contributed by atoms with Crippen molar-refractivity contribution in [2.24, 2.45) is 0 Å². The summed E-state index contributed by atoms with van der Waals surface area (Å²) in [6, 6.07) is 8.19. The first kappa shape index (κ1) is 15.2. The van der Waals surface area contributed by atoms with Gasteiger partial charge in [-0.25, -0.2) is 19.2 Å². The number of halogens is 1. The molecule has 2 aromatic rings. The van der Waals surface area contributed by atoms with Crippen LogP contribution in [-0.4, -0.2) is 35.1 Å². The molecular weight excluding hydrogens is 297 g/mol. The van der Waals surface area contributed by atoms with Crippen LogP contribution < -0.4 is 15.5 Å². The monoisotopic (exact) mass is 315 g/mol. The lowest BCUT2D eigenvalue weighted by Gasteiger charge is -2.19. The van der Waals surface area contributed by atoms with Crippen molar-refractivity contribution in [3.63, 3.8) is 0 Å². The summed E-state index contributed by atoms with van der Waals surface area (Å²) in [6.07, 6.45) is 3.86. The number of nitrogens with one attached hydrogen (secondary N) is 2. The molecule has 0 saturated carbocycles. The SMILES string of the molecule is O=C(NCc1ccncn1)NC1CCN(c2ccccc2F)C1. The molecule has 23 heavy (non-hydrogen) atoms. The van der Waals surface area contributed by atoms with Crippen molar-refractivity contribution < 1.29 is 9.18 Å². The van der Waals surface area contributed by atoms with Crippen molar-refractivity contribution in [3.8, 4) is 0 Å². The zero-order chi connectivity index (χ0) is 16.1. The van der Waals surface area contributed by atoms with E-state index in [1.165, 1.54) is 12.4 Å². The molecule has 1 aromatic heterocycles.